The van der Waals surface area contributed by atoms with Gasteiger partial charge in [0.25, 0.3) is 0 Å². The van der Waals surface area contributed by atoms with E-state index in [1.807, 2.05) is 12.3 Å². The second-order valence-corrected chi connectivity index (χ2v) is 15.7. The molecular formula is C28H24N2SSi. The highest BCUT2D eigenvalue weighted by atomic mass is 32.1. The smallest absolute Gasteiger partial charge is 0.124 e. The largest absolute Gasteiger partial charge is 0.248 e. The first-order chi connectivity index (χ1) is 15.4. The van der Waals surface area contributed by atoms with E-state index in [2.05, 4.69) is 92.2 Å². The summed E-state index contributed by atoms with van der Waals surface area (Å²) in [5.41, 5.74) is 4.64. The Hall–Kier alpha value is -3.08. The van der Waals surface area contributed by atoms with E-state index in [0.717, 1.165) is 16.0 Å². The molecule has 3 heterocycles. The van der Waals surface area contributed by atoms with Crippen molar-refractivity contribution in [2.45, 2.75) is 26.6 Å². The van der Waals surface area contributed by atoms with Gasteiger partial charge in [-0.3, -0.25) is 0 Å². The molecule has 6 rings (SSSR count). The summed E-state index contributed by atoms with van der Waals surface area (Å²) in [6.45, 7) is 9.48. The molecule has 0 aliphatic carbocycles. The zero-order valence-electron chi connectivity index (χ0n) is 18.7. The normalized spacial score (nSPS) is 12.4. The minimum absolute atomic E-state index is 1.07. The molecule has 156 valence electrons. The molecule has 0 saturated carbocycles. The van der Waals surface area contributed by atoms with Crippen LogP contribution in [0.5, 0.6) is 0 Å². The summed E-state index contributed by atoms with van der Waals surface area (Å²) in [6, 6.07) is 24.3. The second kappa shape index (κ2) is 6.96. The van der Waals surface area contributed by atoms with Crippen LogP contribution in [-0.2, 0) is 0 Å². The first kappa shape index (κ1) is 19.6. The van der Waals surface area contributed by atoms with E-state index in [-0.39, 0.29) is 0 Å². The molecule has 0 atom stereocenters. The quantitative estimate of drug-likeness (QED) is 0.201. The Balaban J connectivity index is 1.74. The average molecular weight is 449 g/mol. The van der Waals surface area contributed by atoms with Crippen LogP contribution >= 0.6 is 11.3 Å². The highest BCUT2D eigenvalue weighted by Gasteiger charge is 2.23. The number of aromatic nitrogens is 2. The van der Waals surface area contributed by atoms with Crippen molar-refractivity contribution >= 4 is 66.6 Å². The Labute approximate surface area is 192 Å². The lowest BCUT2D eigenvalue weighted by Crippen LogP contribution is -2.38. The van der Waals surface area contributed by atoms with Crippen LogP contribution in [0.3, 0.4) is 0 Å². The molecule has 0 saturated heterocycles. The van der Waals surface area contributed by atoms with E-state index in [4.69, 9.17) is 4.98 Å². The Morgan fingerprint density at radius 2 is 1.62 bits per heavy atom. The lowest BCUT2D eigenvalue weighted by Gasteiger charge is -2.22. The third-order valence-corrected chi connectivity index (χ3v) is 9.45. The van der Waals surface area contributed by atoms with Crippen LogP contribution < -0.4 is 5.19 Å². The number of benzene rings is 3. The Bertz CT molecular complexity index is 1670. The predicted molar refractivity (Wildman–Crippen MR) is 143 cm³/mol. The summed E-state index contributed by atoms with van der Waals surface area (Å²) >= 11 is 1.77. The third kappa shape index (κ3) is 2.98. The molecule has 0 N–H and O–H groups in total. The summed E-state index contributed by atoms with van der Waals surface area (Å²) in [5, 5.41) is 7.90. The molecule has 0 spiro atoms. The number of thiophene rings is 1. The van der Waals surface area contributed by atoms with Gasteiger partial charge in [-0.15, -0.1) is 11.3 Å². The van der Waals surface area contributed by atoms with Crippen LogP contribution in [0.25, 0.3) is 53.2 Å². The summed E-state index contributed by atoms with van der Waals surface area (Å²) in [5.74, 6) is 0. The van der Waals surface area contributed by atoms with E-state index in [0.29, 0.717) is 0 Å². The van der Waals surface area contributed by atoms with Gasteiger partial charge in [0.05, 0.1) is 19.3 Å². The molecule has 3 aromatic heterocycles. The molecule has 0 unspecified atom stereocenters. The SMILES string of the molecule is Cc1cc(-c2cc([Si](C)(C)C)c3c(ccc4ccccc43)n2)c2sc3ncccc3c2c1. The van der Waals surface area contributed by atoms with Crippen molar-refractivity contribution in [1.82, 2.24) is 9.97 Å². The van der Waals surface area contributed by atoms with Gasteiger partial charge in [-0.1, -0.05) is 50.0 Å². The molecular weight excluding hydrogens is 424 g/mol. The molecule has 6 aromatic rings. The van der Waals surface area contributed by atoms with Crippen molar-refractivity contribution < 1.29 is 0 Å². The zero-order chi connectivity index (χ0) is 22.0. The van der Waals surface area contributed by atoms with Gasteiger partial charge in [0, 0.05) is 32.6 Å². The number of hydrogen-bond donors (Lipinski definition) is 0. The number of pyridine rings is 2. The van der Waals surface area contributed by atoms with Crippen LogP contribution in [0.15, 0.2) is 72.9 Å². The highest BCUT2D eigenvalue weighted by molar-refractivity contribution is 7.26. The molecule has 0 aliphatic rings. The summed E-state index contributed by atoms with van der Waals surface area (Å²) in [6.07, 6.45) is 1.88. The average Bonchev–Trinajstić information content (AvgIpc) is 3.15. The van der Waals surface area contributed by atoms with Crippen LogP contribution in [0.4, 0.5) is 0 Å². The Morgan fingerprint density at radius 3 is 2.47 bits per heavy atom. The Kier molecular flexibility index (Phi) is 4.26. The number of hydrogen-bond acceptors (Lipinski definition) is 3. The van der Waals surface area contributed by atoms with Gasteiger partial charge in [-0.05, 0) is 64.8 Å². The van der Waals surface area contributed by atoms with Crippen molar-refractivity contribution in [3.05, 3.63) is 78.5 Å². The first-order valence-electron chi connectivity index (χ1n) is 11.0. The molecule has 4 heteroatoms. The molecule has 0 radical (unpaired) electrons. The third-order valence-electron chi connectivity index (χ3n) is 6.28. The van der Waals surface area contributed by atoms with Crippen molar-refractivity contribution in [2.24, 2.45) is 0 Å². The number of nitrogens with zero attached hydrogens (tertiary/aromatic N) is 2. The Morgan fingerprint density at radius 1 is 0.812 bits per heavy atom. The van der Waals surface area contributed by atoms with Gasteiger partial charge in [0.2, 0.25) is 0 Å². The standard InChI is InChI=1S/C28H24N2SSi/c1-17-14-21-20-10-7-13-29-28(20)31-27(21)22(15-17)24-16-25(32(2,3)4)26-19-9-6-5-8-18(19)11-12-23(26)30-24/h5-16H,1-4H3. The second-order valence-electron chi connectivity index (χ2n) is 9.63. The minimum Gasteiger partial charge on any atom is -0.248 e. The lowest BCUT2D eigenvalue weighted by atomic mass is 10.0. The van der Waals surface area contributed by atoms with Crippen LogP contribution in [0.1, 0.15) is 5.56 Å². The molecule has 32 heavy (non-hydrogen) atoms. The predicted octanol–water partition coefficient (Wildman–Crippen LogP) is 7.67. The number of rotatable bonds is 2. The topological polar surface area (TPSA) is 25.8 Å². The monoisotopic (exact) mass is 448 g/mol. The number of aryl methyl sites for hydroxylation is 1. The van der Waals surface area contributed by atoms with Crippen molar-refractivity contribution in [3.63, 3.8) is 0 Å². The van der Waals surface area contributed by atoms with Crippen LogP contribution in [-0.4, -0.2) is 18.0 Å². The maximum atomic E-state index is 5.24. The van der Waals surface area contributed by atoms with Crippen molar-refractivity contribution in [2.75, 3.05) is 0 Å². The maximum absolute atomic E-state index is 5.24. The fourth-order valence-corrected chi connectivity index (χ4v) is 7.51. The molecule has 0 fully saturated rings. The van der Waals surface area contributed by atoms with E-state index in [1.54, 1.807) is 11.3 Å². The number of fused-ring (bicyclic) bond motifs is 6. The molecule has 0 amide bonds. The molecule has 2 nitrogen and oxygen atoms in total. The zero-order valence-corrected chi connectivity index (χ0v) is 20.5. The lowest BCUT2D eigenvalue weighted by molar-refractivity contribution is 1.41. The van der Waals surface area contributed by atoms with Gasteiger partial charge in [-0.2, -0.15) is 0 Å². The van der Waals surface area contributed by atoms with E-state index < -0.39 is 8.07 Å². The van der Waals surface area contributed by atoms with Gasteiger partial charge < -0.3 is 0 Å². The van der Waals surface area contributed by atoms with Crippen LogP contribution in [0, 0.1) is 6.92 Å². The van der Waals surface area contributed by atoms with Gasteiger partial charge >= 0.3 is 0 Å². The van der Waals surface area contributed by atoms with Gasteiger partial charge in [-0.25, -0.2) is 9.97 Å². The van der Waals surface area contributed by atoms with E-state index >= 15 is 0 Å². The van der Waals surface area contributed by atoms with Gasteiger partial charge in [0.1, 0.15) is 4.83 Å². The minimum atomic E-state index is -1.64. The van der Waals surface area contributed by atoms with E-state index in [9.17, 15) is 0 Å². The van der Waals surface area contributed by atoms with Crippen molar-refractivity contribution in [1.29, 1.82) is 0 Å². The maximum Gasteiger partial charge on any atom is 0.124 e. The van der Waals surface area contributed by atoms with Crippen LogP contribution in [0.2, 0.25) is 19.6 Å². The molecule has 0 aliphatic heterocycles. The van der Waals surface area contributed by atoms with E-state index in [1.165, 1.54) is 47.9 Å². The summed E-state index contributed by atoms with van der Waals surface area (Å²) in [4.78, 5) is 11.0. The summed E-state index contributed by atoms with van der Waals surface area (Å²) < 4.78 is 1.28. The summed E-state index contributed by atoms with van der Waals surface area (Å²) in [7, 11) is -1.64. The fraction of sp³-hybridized carbons (Fsp3) is 0.143. The van der Waals surface area contributed by atoms with Crippen molar-refractivity contribution in [3.8, 4) is 11.3 Å². The van der Waals surface area contributed by atoms with Gasteiger partial charge in [0.15, 0.2) is 0 Å². The molecule has 3 aromatic carbocycles. The fourth-order valence-electron chi connectivity index (χ4n) is 4.78. The first-order valence-corrected chi connectivity index (χ1v) is 15.3. The molecule has 0 bridgehead atoms. The highest BCUT2D eigenvalue weighted by Crippen LogP contribution is 2.40.